The average Bonchev–Trinajstić information content (AvgIpc) is 2.47. The fourth-order valence-corrected chi connectivity index (χ4v) is 1.30. The molecule has 0 unspecified atom stereocenters. The maximum atomic E-state index is 11.8. The van der Waals surface area contributed by atoms with Crippen LogP contribution in [0.15, 0.2) is 24.8 Å². The molecule has 2 heterocycles. The summed E-state index contributed by atoms with van der Waals surface area (Å²) in [6.45, 7) is 0. The first kappa shape index (κ1) is 13.5. The summed E-state index contributed by atoms with van der Waals surface area (Å²) in [7, 11) is 2.94. The second-order valence-corrected chi connectivity index (χ2v) is 3.47. The number of carbonyl (C=O) groups excluding carboxylic acids is 1. The van der Waals surface area contributed by atoms with E-state index in [0.717, 1.165) is 0 Å². The second-order valence-electron chi connectivity index (χ2n) is 3.47. The summed E-state index contributed by atoms with van der Waals surface area (Å²) in [6.07, 6.45) is 2.56. The predicted molar refractivity (Wildman–Crippen MR) is 69.8 cm³/mol. The lowest BCUT2D eigenvalue weighted by molar-refractivity contribution is 0.262. The predicted octanol–water partition coefficient (Wildman–Crippen LogP) is 0.928. The standard InChI is InChI=1S/C11H12N6O3/c1-19-9-3-7(12-5-14-9)16-11(18)17-8-4-10(20-2)15-6-13-8/h3-6H,1-2H3,(H2,12,13,14,15,16,17,18). The molecular formula is C11H12N6O3. The van der Waals surface area contributed by atoms with Crippen LogP contribution < -0.4 is 20.1 Å². The molecule has 104 valence electrons. The van der Waals surface area contributed by atoms with Crippen LogP contribution in [0.25, 0.3) is 0 Å². The molecule has 0 saturated carbocycles. The zero-order chi connectivity index (χ0) is 14.4. The minimum Gasteiger partial charge on any atom is -0.481 e. The van der Waals surface area contributed by atoms with Crippen molar-refractivity contribution in [3.05, 3.63) is 24.8 Å². The summed E-state index contributed by atoms with van der Waals surface area (Å²) in [5.41, 5.74) is 0. The highest BCUT2D eigenvalue weighted by atomic mass is 16.5. The number of carbonyl (C=O) groups is 1. The Hall–Kier alpha value is -2.97. The first-order chi connectivity index (χ1) is 9.71. The zero-order valence-corrected chi connectivity index (χ0v) is 10.8. The molecule has 2 amide bonds. The van der Waals surface area contributed by atoms with Crippen LogP contribution >= 0.6 is 0 Å². The highest BCUT2D eigenvalue weighted by Gasteiger charge is 2.06. The summed E-state index contributed by atoms with van der Waals surface area (Å²) in [5, 5.41) is 5.04. The second kappa shape index (κ2) is 6.27. The molecule has 2 aromatic heterocycles. The molecule has 0 fully saturated rings. The van der Waals surface area contributed by atoms with Gasteiger partial charge in [-0.05, 0) is 0 Å². The zero-order valence-electron chi connectivity index (χ0n) is 10.8. The molecule has 9 nitrogen and oxygen atoms in total. The number of hydrogen-bond donors (Lipinski definition) is 2. The lowest BCUT2D eigenvalue weighted by Gasteiger charge is -2.07. The van der Waals surface area contributed by atoms with Gasteiger partial charge >= 0.3 is 6.03 Å². The van der Waals surface area contributed by atoms with Gasteiger partial charge in [0.25, 0.3) is 0 Å². The monoisotopic (exact) mass is 276 g/mol. The van der Waals surface area contributed by atoms with Gasteiger partial charge < -0.3 is 9.47 Å². The molecule has 9 heteroatoms. The van der Waals surface area contributed by atoms with Gasteiger partial charge in [0, 0.05) is 12.1 Å². The van der Waals surface area contributed by atoms with E-state index in [-0.39, 0.29) is 0 Å². The van der Waals surface area contributed by atoms with Crippen molar-refractivity contribution >= 4 is 17.7 Å². The van der Waals surface area contributed by atoms with Crippen LogP contribution in [0.3, 0.4) is 0 Å². The normalized spacial score (nSPS) is 9.70. The molecule has 2 rings (SSSR count). The van der Waals surface area contributed by atoms with Gasteiger partial charge in [0.2, 0.25) is 11.8 Å². The largest absolute Gasteiger partial charge is 0.481 e. The summed E-state index contributed by atoms with van der Waals surface area (Å²) in [6, 6.07) is 2.46. The van der Waals surface area contributed by atoms with Crippen LogP contribution in [0.4, 0.5) is 16.4 Å². The number of ether oxygens (including phenoxy) is 2. The van der Waals surface area contributed by atoms with E-state index < -0.39 is 6.03 Å². The topological polar surface area (TPSA) is 111 Å². The number of anilines is 2. The van der Waals surface area contributed by atoms with Gasteiger partial charge in [-0.1, -0.05) is 0 Å². The van der Waals surface area contributed by atoms with Crippen LogP contribution in [-0.4, -0.2) is 40.2 Å². The van der Waals surface area contributed by atoms with Gasteiger partial charge in [0.05, 0.1) is 14.2 Å². The molecule has 0 atom stereocenters. The lowest BCUT2D eigenvalue weighted by atomic mass is 10.5. The number of methoxy groups -OCH3 is 2. The van der Waals surface area contributed by atoms with E-state index in [2.05, 4.69) is 30.6 Å². The third kappa shape index (κ3) is 3.51. The van der Waals surface area contributed by atoms with Gasteiger partial charge in [-0.3, -0.25) is 10.6 Å². The van der Waals surface area contributed by atoms with E-state index >= 15 is 0 Å². The summed E-state index contributed by atoms with van der Waals surface area (Å²) in [4.78, 5) is 27.2. The summed E-state index contributed by atoms with van der Waals surface area (Å²) >= 11 is 0. The van der Waals surface area contributed by atoms with E-state index in [1.165, 1.54) is 39.0 Å². The van der Waals surface area contributed by atoms with E-state index in [0.29, 0.717) is 23.4 Å². The Balaban J connectivity index is 2.01. The Bertz CT molecular complexity index is 555. The van der Waals surface area contributed by atoms with Crippen LogP contribution in [-0.2, 0) is 0 Å². The van der Waals surface area contributed by atoms with E-state index in [1.54, 1.807) is 0 Å². The molecule has 0 aliphatic heterocycles. The van der Waals surface area contributed by atoms with Crippen molar-refractivity contribution in [2.75, 3.05) is 24.9 Å². The van der Waals surface area contributed by atoms with E-state index in [4.69, 9.17) is 9.47 Å². The van der Waals surface area contributed by atoms with Gasteiger partial charge in [0.15, 0.2) is 0 Å². The fourth-order valence-electron chi connectivity index (χ4n) is 1.30. The molecule has 0 bridgehead atoms. The van der Waals surface area contributed by atoms with Crippen molar-refractivity contribution in [2.24, 2.45) is 0 Å². The van der Waals surface area contributed by atoms with Crippen molar-refractivity contribution in [1.29, 1.82) is 0 Å². The molecular weight excluding hydrogens is 264 g/mol. The van der Waals surface area contributed by atoms with Crippen LogP contribution in [0.5, 0.6) is 11.8 Å². The van der Waals surface area contributed by atoms with Crippen LogP contribution in [0, 0.1) is 0 Å². The van der Waals surface area contributed by atoms with Gasteiger partial charge in [0.1, 0.15) is 24.3 Å². The Morgan fingerprint density at radius 1 is 0.900 bits per heavy atom. The Labute approximate surface area is 114 Å². The minimum absolute atomic E-state index is 0.301. The van der Waals surface area contributed by atoms with Crippen LogP contribution in [0.1, 0.15) is 0 Å². The molecule has 0 aromatic carbocycles. The smallest absolute Gasteiger partial charge is 0.326 e. The van der Waals surface area contributed by atoms with Crippen molar-refractivity contribution in [2.45, 2.75) is 0 Å². The molecule has 0 radical (unpaired) electrons. The number of rotatable bonds is 4. The maximum Gasteiger partial charge on any atom is 0.326 e. The first-order valence-electron chi connectivity index (χ1n) is 5.51. The SMILES string of the molecule is COc1cc(NC(=O)Nc2cc(OC)ncn2)ncn1. The van der Waals surface area contributed by atoms with Crippen molar-refractivity contribution in [1.82, 2.24) is 19.9 Å². The Morgan fingerprint density at radius 3 is 1.75 bits per heavy atom. The van der Waals surface area contributed by atoms with Gasteiger partial charge in [-0.15, -0.1) is 0 Å². The highest BCUT2D eigenvalue weighted by Crippen LogP contribution is 2.12. The fraction of sp³-hybridized carbons (Fsp3) is 0.182. The molecule has 0 spiro atoms. The number of nitrogens with one attached hydrogen (secondary N) is 2. The van der Waals surface area contributed by atoms with E-state index in [9.17, 15) is 4.79 Å². The van der Waals surface area contributed by atoms with Crippen LogP contribution in [0.2, 0.25) is 0 Å². The summed E-state index contributed by atoms with van der Waals surface area (Å²) in [5.74, 6) is 1.30. The first-order valence-corrected chi connectivity index (χ1v) is 5.51. The third-order valence-corrected chi connectivity index (χ3v) is 2.19. The molecule has 2 aromatic rings. The molecule has 0 aliphatic carbocycles. The highest BCUT2D eigenvalue weighted by molar-refractivity contribution is 5.98. The van der Waals surface area contributed by atoms with Crippen molar-refractivity contribution < 1.29 is 14.3 Å². The van der Waals surface area contributed by atoms with Gasteiger partial charge in [-0.2, -0.15) is 0 Å². The molecule has 2 N–H and O–H groups in total. The lowest BCUT2D eigenvalue weighted by Crippen LogP contribution is -2.20. The molecule has 0 saturated heterocycles. The molecule has 20 heavy (non-hydrogen) atoms. The third-order valence-electron chi connectivity index (χ3n) is 2.19. The number of aromatic nitrogens is 4. The number of hydrogen-bond acceptors (Lipinski definition) is 7. The Kier molecular flexibility index (Phi) is 4.22. The maximum absolute atomic E-state index is 11.8. The Morgan fingerprint density at radius 2 is 1.35 bits per heavy atom. The quantitative estimate of drug-likeness (QED) is 0.854. The number of nitrogens with zero attached hydrogens (tertiary/aromatic N) is 4. The number of urea groups is 1. The average molecular weight is 276 g/mol. The van der Waals surface area contributed by atoms with E-state index in [1.807, 2.05) is 0 Å². The van der Waals surface area contributed by atoms with Crippen molar-refractivity contribution in [3.63, 3.8) is 0 Å². The van der Waals surface area contributed by atoms with Gasteiger partial charge in [-0.25, -0.2) is 24.7 Å². The minimum atomic E-state index is -0.508. The summed E-state index contributed by atoms with van der Waals surface area (Å²) < 4.78 is 9.85. The molecule has 0 aliphatic rings. The number of amides is 2. The van der Waals surface area contributed by atoms with Crippen molar-refractivity contribution in [3.8, 4) is 11.8 Å².